The smallest absolute Gasteiger partial charge is 0.257 e. The van der Waals surface area contributed by atoms with Crippen LogP contribution in [0.2, 0.25) is 0 Å². The van der Waals surface area contributed by atoms with Crippen LogP contribution in [0.25, 0.3) is 0 Å². The number of rotatable bonds is 7. The van der Waals surface area contributed by atoms with Gasteiger partial charge in [-0.3, -0.25) is 9.59 Å². The van der Waals surface area contributed by atoms with E-state index in [1.807, 2.05) is 13.8 Å². The third-order valence-electron chi connectivity index (χ3n) is 3.67. The monoisotopic (exact) mass is 278 g/mol. The average molecular weight is 278 g/mol. The standard InChI is InChI=1S/C15H22N2O3/c1-3-11(2)17(15(19)12-7-9-20-10-12)8-6-14(18)16-13-4-5-13/h7,9-11,13H,3-6,8H2,1-2H3,(H,16,18)/t11-/m1/s1. The van der Waals surface area contributed by atoms with E-state index in [0.717, 1.165) is 19.3 Å². The van der Waals surface area contributed by atoms with Gasteiger partial charge in [-0.05, 0) is 32.3 Å². The van der Waals surface area contributed by atoms with E-state index in [2.05, 4.69) is 5.32 Å². The van der Waals surface area contributed by atoms with Crippen LogP contribution in [0.1, 0.15) is 49.9 Å². The van der Waals surface area contributed by atoms with Gasteiger partial charge in [-0.25, -0.2) is 0 Å². The molecule has 1 aromatic heterocycles. The lowest BCUT2D eigenvalue weighted by Gasteiger charge is -2.28. The number of amides is 2. The van der Waals surface area contributed by atoms with E-state index in [9.17, 15) is 9.59 Å². The minimum atomic E-state index is -0.0766. The molecular weight excluding hydrogens is 256 g/mol. The van der Waals surface area contributed by atoms with Crippen molar-refractivity contribution in [3.05, 3.63) is 24.2 Å². The molecule has 0 bridgehead atoms. The Morgan fingerprint density at radius 2 is 2.25 bits per heavy atom. The number of furan rings is 1. The van der Waals surface area contributed by atoms with E-state index in [1.54, 1.807) is 11.0 Å². The van der Waals surface area contributed by atoms with Crippen LogP contribution in [-0.4, -0.2) is 35.3 Å². The molecule has 5 nitrogen and oxygen atoms in total. The number of hydrogen-bond acceptors (Lipinski definition) is 3. The van der Waals surface area contributed by atoms with Gasteiger partial charge in [0, 0.05) is 25.0 Å². The van der Waals surface area contributed by atoms with Gasteiger partial charge in [-0.2, -0.15) is 0 Å². The Hall–Kier alpha value is -1.78. The van der Waals surface area contributed by atoms with E-state index in [0.29, 0.717) is 24.6 Å². The number of hydrogen-bond donors (Lipinski definition) is 1. The van der Waals surface area contributed by atoms with Crippen molar-refractivity contribution in [2.24, 2.45) is 0 Å². The Morgan fingerprint density at radius 1 is 1.50 bits per heavy atom. The van der Waals surface area contributed by atoms with Crippen molar-refractivity contribution in [2.45, 2.75) is 51.6 Å². The first kappa shape index (κ1) is 14.6. The predicted octanol–water partition coefficient (Wildman–Crippen LogP) is 2.19. The molecule has 0 aliphatic heterocycles. The lowest BCUT2D eigenvalue weighted by molar-refractivity contribution is -0.121. The zero-order chi connectivity index (χ0) is 14.5. The summed E-state index contributed by atoms with van der Waals surface area (Å²) in [5.74, 6) is -0.0480. The molecule has 2 rings (SSSR count). The van der Waals surface area contributed by atoms with Gasteiger partial charge in [0.1, 0.15) is 6.26 Å². The van der Waals surface area contributed by atoms with Crippen LogP contribution in [0.4, 0.5) is 0 Å². The van der Waals surface area contributed by atoms with Gasteiger partial charge in [-0.1, -0.05) is 6.92 Å². The third kappa shape index (κ3) is 3.85. The Kier molecular flexibility index (Phi) is 4.82. The van der Waals surface area contributed by atoms with Crippen LogP contribution in [-0.2, 0) is 4.79 Å². The summed E-state index contributed by atoms with van der Waals surface area (Å²) >= 11 is 0. The van der Waals surface area contributed by atoms with Crippen molar-refractivity contribution in [1.82, 2.24) is 10.2 Å². The maximum absolute atomic E-state index is 12.4. The molecule has 0 spiro atoms. The van der Waals surface area contributed by atoms with E-state index < -0.39 is 0 Å². The molecule has 0 radical (unpaired) electrons. The highest BCUT2D eigenvalue weighted by atomic mass is 16.3. The van der Waals surface area contributed by atoms with Gasteiger partial charge in [-0.15, -0.1) is 0 Å². The maximum Gasteiger partial charge on any atom is 0.257 e. The summed E-state index contributed by atoms with van der Waals surface area (Å²) in [5.41, 5.74) is 0.535. The zero-order valence-corrected chi connectivity index (χ0v) is 12.1. The first-order chi connectivity index (χ1) is 9.61. The summed E-state index contributed by atoms with van der Waals surface area (Å²) in [7, 11) is 0. The minimum Gasteiger partial charge on any atom is -0.472 e. The highest BCUT2D eigenvalue weighted by molar-refractivity contribution is 5.94. The fourth-order valence-electron chi connectivity index (χ4n) is 2.04. The lowest BCUT2D eigenvalue weighted by atomic mass is 10.1. The van der Waals surface area contributed by atoms with Crippen LogP contribution in [0.15, 0.2) is 23.0 Å². The van der Waals surface area contributed by atoms with Crippen LogP contribution in [0, 0.1) is 0 Å². The van der Waals surface area contributed by atoms with Crippen LogP contribution >= 0.6 is 0 Å². The second-order valence-electron chi connectivity index (χ2n) is 5.36. The number of carbonyl (C=O) groups is 2. The number of nitrogens with one attached hydrogen (secondary N) is 1. The van der Waals surface area contributed by atoms with Crippen molar-refractivity contribution in [1.29, 1.82) is 0 Å². The molecule has 20 heavy (non-hydrogen) atoms. The molecule has 1 aromatic rings. The van der Waals surface area contributed by atoms with Crippen molar-refractivity contribution in [3.8, 4) is 0 Å². The molecule has 1 fully saturated rings. The molecule has 0 unspecified atom stereocenters. The zero-order valence-electron chi connectivity index (χ0n) is 12.1. The van der Waals surface area contributed by atoms with E-state index in [-0.39, 0.29) is 17.9 Å². The van der Waals surface area contributed by atoms with Gasteiger partial charge in [0.25, 0.3) is 5.91 Å². The van der Waals surface area contributed by atoms with Crippen molar-refractivity contribution >= 4 is 11.8 Å². The fraction of sp³-hybridized carbons (Fsp3) is 0.600. The topological polar surface area (TPSA) is 62.6 Å². The molecule has 1 atom stereocenters. The van der Waals surface area contributed by atoms with Gasteiger partial charge >= 0.3 is 0 Å². The summed E-state index contributed by atoms with van der Waals surface area (Å²) in [6.07, 6.45) is 6.30. The molecule has 5 heteroatoms. The molecule has 1 aliphatic rings. The molecule has 2 amide bonds. The summed E-state index contributed by atoms with van der Waals surface area (Å²) in [6.45, 7) is 4.47. The largest absolute Gasteiger partial charge is 0.472 e. The Bertz CT molecular complexity index is 452. The van der Waals surface area contributed by atoms with Gasteiger partial charge in [0.2, 0.25) is 5.91 Å². The minimum absolute atomic E-state index is 0.0285. The molecule has 1 saturated carbocycles. The first-order valence-electron chi connectivity index (χ1n) is 7.24. The Labute approximate surface area is 119 Å². The molecule has 0 saturated heterocycles. The molecule has 110 valence electrons. The highest BCUT2D eigenvalue weighted by Crippen LogP contribution is 2.19. The summed E-state index contributed by atoms with van der Waals surface area (Å²) in [5, 5.41) is 2.94. The average Bonchev–Trinajstić information content (AvgIpc) is 3.08. The van der Waals surface area contributed by atoms with Crippen molar-refractivity contribution in [3.63, 3.8) is 0 Å². The van der Waals surface area contributed by atoms with Crippen LogP contribution < -0.4 is 5.32 Å². The predicted molar refractivity (Wildman–Crippen MR) is 75.3 cm³/mol. The fourth-order valence-corrected chi connectivity index (χ4v) is 2.04. The highest BCUT2D eigenvalue weighted by Gasteiger charge is 2.25. The number of nitrogens with zero attached hydrogens (tertiary/aromatic N) is 1. The lowest BCUT2D eigenvalue weighted by Crippen LogP contribution is -2.41. The van der Waals surface area contributed by atoms with Gasteiger partial charge < -0.3 is 14.6 Å². The van der Waals surface area contributed by atoms with E-state index >= 15 is 0 Å². The Morgan fingerprint density at radius 3 is 2.80 bits per heavy atom. The molecule has 1 heterocycles. The summed E-state index contributed by atoms with van der Waals surface area (Å²) in [6, 6.07) is 2.12. The molecule has 1 N–H and O–H groups in total. The third-order valence-corrected chi connectivity index (χ3v) is 3.67. The molecule has 1 aliphatic carbocycles. The normalized spacial score (nSPS) is 15.7. The second kappa shape index (κ2) is 6.59. The molecular formula is C15H22N2O3. The van der Waals surface area contributed by atoms with E-state index in [4.69, 9.17) is 4.42 Å². The van der Waals surface area contributed by atoms with Crippen LogP contribution in [0.3, 0.4) is 0 Å². The van der Waals surface area contributed by atoms with Crippen LogP contribution in [0.5, 0.6) is 0 Å². The SMILES string of the molecule is CC[C@@H](C)N(CCC(=O)NC1CC1)C(=O)c1ccoc1. The quantitative estimate of drug-likeness (QED) is 0.831. The maximum atomic E-state index is 12.4. The number of carbonyl (C=O) groups excluding carboxylic acids is 2. The van der Waals surface area contributed by atoms with Gasteiger partial charge in [0.05, 0.1) is 11.8 Å². The summed E-state index contributed by atoms with van der Waals surface area (Å²) in [4.78, 5) is 25.9. The van der Waals surface area contributed by atoms with Crippen molar-refractivity contribution in [2.75, 3.05) is 6.54 Å². The molecule has 0 aromatic carbocycles. The van der Waals surface area contributed by atoms with Gasteiger partial charge in [0.15, 0.2) is 0 Å². The summed E-state index contributed by atoms with van der Waals surface area (Å²) < 4.78 is 4.96. The second-order valence-corrected chi connectivity index (χ2v) is 5.36. The van der Waals surface area contributed by atoms with Crippen molar-refractivity contribution < 1.29 is 14.0 Å². The van der Waals surface area contributed by atoms with E-state index in [1.165, 1.54) is 12.5 Å². The Balaban J connectivity index is 1.92. The first-order valence-corrected chi connectivity index (χ1v) is 7.24.